The Morgan fingerprint density at radius 2 is 1.64 bits per heavy atom. The molecule has 3 aromatic carbocycles. The molecule has 0 aliphatic carbocycles. The number of nitrogens with one attached hydrogen (secondary N) is 1. The minimum atomic E-state index is -0.489. The second-order valence-corrected chi connectivity index (χ2v) is 8.50. The van der Waals surface area contributed by atoms with Gasteiger partial charge in [-0.25, -0.2) is 19.4 Å². The molecule has 0 amide bonds. The number of halogens is 1. The van der Waals surface area contributed by atoms with Crippen molar-refractivity contribution in [2.75, 3.05) is 11.9 Å². The Morgan fingerprint density at radius 3 is 2.22 bits per heavy atom. The Kier molecular flexibility index (Phi) is 6.01. The van der Waals surface area contributed by atoms with Crippen molar-refractivity contribution in [3.8, 4) is 6.07 Å². The fraction of sp³-hybridized carbons (Fsp3) is 0.103. The molecule has 0 aliphatic heterocycles. The zero-order chi connectivity index (χ0) is 25.2. The average molecular weight is 475 g/mol. The Balaban J connectivity index is 1.73. The van der Waals surface area contributed by atoms with E-state index in [-0.39, 0.29) is 5.56 Å². The van der Waals surface area contributed by atoms with Crippen LogP contribution in [0.1, 0.15) is 27.8 Å². The van der Waals surface area contributed by atoms with E-state index in [2.05, 4.69) is 9.97 Å². The predicted octanol–water partition coefficient (Wildman–Crippen LogP) is 6.52. The first-order valence-electron chi connectivity index (χ1n) is 11.4. The molecule has 7 heteroatoms. The highest BCUT2D eigenvalue weighted by Crippen LogP contribution is 2.36. The first kappa shape index (κ1) is 22.9. The zero-order valence-electron chi connectivity index (χ0n) is 20.1. The first-order valence-corrected chi connectivity index (χ1v) is 11.4. The molecular weight excluding hydrogens is 451 g/mol. The number of nitriles is 1. The van der Waals surface area contributed by atoms with E-state index < -0.39 is 5.82 Å². The van der Waals surface area contributed by atoms with Crippen molar-refractivity contribution in [2.45, 2.75) is 13.8 Å². The van der Waals surface area contributed by atoms with Gasteiger partial charge in [0.25, 0.3) is 0 Å². The monoisotopic (exact) mass is 474 g/mol. The number of aryl methyl sites for hydroxylation is 2. The topological polar surface area (TPSA) is 81.0 Å². The zero-order valence-corrected chi connectivity index (χ0v) is 20.1. The van der Waals surface area contributed by atoms with Crippen molar-refractivity contribution < 1.29 is 4.39 Å². The van der Waals surface area contributed by atoms with E-state index in [0.29, 0.717) is 33.9 Å². The number of anilines is 2. The molecule has 176 valence electrons. The number of rotatable bonds is 5. The second-order valence-electron chi connectivity index (χ2n) is 8.50. The van der Waals surface area contributed by atoms with Crippen molar-refractivity contribution >= 4 is 34.1 Å². The van der Waals surface area contributed by atoms with Gasteiger partial charge in [-0.2, -0.15) is 5.26 Å². The van der Waals surface area contributed by atoms with Crippen molar-refractivity contribution in [3.05, 3.63) is 113 Å². The molecule has 0 saturated heterocycles. The van der Waals surface area contributed by atoms with Gasteiger partial charge in [0.1, 0.15) is 17.2 Å². The molecule has 5 aromatic rings. The molecule has 1 N–H and O–H groups in total. The van der Waals surface area contributed by atoms with Crippen LogP contribution in [-0.4, -0.2) is 27.7 Å². The lowest BCUT2D eigenvalue weighted by atomic mass is 10.0. The number of aliphatic imine (C=N–C) groups is 1. The molecule has 0 atom stereocenters. The number of hydrogen-bond donors (Lipinski definition) is 1. The van der Waals surface area contributed by atoms with Crippen LogP contribution in [0.4, 0.5) is 21.7 Å². The first-order chi connectivity index (χ1) is 17.5. The normalized spacial score (nSPS) is 10.8. The lowest BCUT2D eigenvalue weighted by molar-refractivity contribution is 0.625. The summed E-state index contributed by atoms with van der Waals surface area (Å²) < 4.78 is 15.1. The molecule has 6 nitrogen and oxygen atoms in total. The molecule has 0 radical (unpaired) electrons. The van der Waals surface area contributed by atoms with Crippen LogP contribution in [0.2, 0.25) is 0 Å². The van der Waals surface area contributed by atoms with Gasteiger partial charge < -0.3 is 9.88 Å². The van der Waals surface area contributed by atoms with Crippen LogP contribution in [0.3, 0.4) is 0 Å². The largest absolute Gasteiger partial charge is 0.341 e. The van der Waals surface area contributed by atoms with E-state index in [0.717, 1.165) is 22.4 Å². The van der Waals surface area contributed by atoms with Gasteiger partial charge >= 0.3 is 0 Å². The SMILES string of the molecule is Cc1cc(C#N)cc(F)c1N(C)c1nc(N=C(c2ccccc2)c2ccccc2)c2[nH]cnc2c1C. The molecular formula is C29H23FN6. The minimum absolute atomic E-state index is 0.273. The molecule has 0 saturated carbocycles. The number of hydrogen-bond acceptors (Lipinski definition) is 5. The summed E-state index contributed by atoms with van der Waals surface area (Å²) in [7, 11) is 1.76. The lowest BCUT2D eigenvalue weighted by Gasteiger charge is -2.23. The quantitative estimate of drug-likeness (QED) is 0.294. The second kappa shape index (κ2) is 9.43. The van der Waals surface area contributed by atoms with E-state index in [1.807, 2.05) is 73.7 Å². The smallest absolute Gasteiger partial charge is 0.180 e. The summed E-state index contributed by atoms with van der Waals surface area (Å²) in [4.78, 5) is 19.3. The summed E-state index contributed by atoms with van der Waals surface area (Å²) in [6, 6.07) is 24.7. The highest BCUT2D eigenvalue weighted by atomic mass is 19.1. The molecule has 2 heterocycles. The van der Waals surface area contributed by atoms with Gasteiger partial charge in [0.2, 0.25) is 0 Å². The van der Waals surface area contributed by atoms with Crippen LogP contribution in [-0.2, 0) is 0 Å². The van der Waals surface area contributed by atoms with Crippen LogP contribution < -0.4 is 4.90 Å². The Bertz CT molecular complexity index is 1570. The standard InChI is InChI=1S/C29H23FN6/c1-18-14-20(16-31)15-23(30)27(18)36(3)29-19(2)24-26(33-17-32-24)28(35-29)34-25(21-10-6-4-7-11-21)22-12-8-5-9-13-22/h4-15,17H,1-3H3,(H,32,33). The number of fused-ring (bicyclic) bond motifs is 1. The van der Waals surface area contributed by atoms with E-state index >= 15 is 4.39 Å². The minimum Gasteiger partial charge on any atom is -0.341 e. The number of nitrogens with zero attached hydrogens (tertiary/aromatic N) is 5. The van der Waals surface area contributed by atoms with E-state index in [4.69, 9.17) is 9.98 Å². The Hall–Kier alpha value is -4.83. The third-order valence-electron chi connectivity index (χ3n) is 6.11. The number of pyridine rings is 1. The van der Waals surface area contributed by atoms with Gasteiger partial charge in [-0.3, -0.25) is 0 Å². The van der Waals surface area contributed by atoms with Crippen molar-refractivity contribution in [3.63, 3.8) is 0 Å². The van der Waals surface area contributed by atoms with Crippen molar-refractivity contribution in [1.29, 1.82) is 5.26 Å². The molecule has 0 aliphatic rings. The summed E-state index contributed by atoms with van der Waals surface area (Å²) >= 11 is 0. The maximum absolute atomic E-state index is 15.1. The van der Waals surface area contributed by atoms with E-state index in [1.165, 1.54) is 6.07 Å². The third-order valence-corrected chi connectivity index (χ3v) is 6.11. The fourth-order valence-corrected chi connectivity index (χ4v) is 4.43. The van der Waals surface area contributed by atoms with E-state index in [9.17, 15) is 5.26 Å². The van der Waals surface area contributed by atoms with Gasteiger partial charge in [0, 0.05) is 23.7 Å². The van der Waals surface area contributed by atoms with Crippen LogP contribution in [0.5, 0.6) is 0 Å². The maximum atomic E-state index is 15.1. The Morgan fingerprint density at radius 1 is 1.00 bits per heavy atom. The number of imidazole rings is 1. The predicted molar refractivity (Wildman–Crippen MR) is 141 cm³/mol. The van der Waals surface area contributed by atoms with Crippen LogP contribution in [0.25, 0.3) is 11.0 Å². The number of H-pyrrole nitrogens is 1. The summed E-state index contributed by atoms with van der Waals surface area (Å²) in [5, 5.41) is 9.21. The molecule has 0 spiro atoms. The number of aromatic amines is 1. The average Bonchev–Trinajstić information content (AvgIpc) is 3.40. The van der Waals surface area contributed by atoms with Gasteiger partial charge in [-0.15, -0.1) is 0 Å². The lowest BCUT2D eigenvalue weighted by Crippen LogP contribution is -2.16. The van der Waals surface area contributed by atoms with Crippen molar-refractivity contribution in [2.24, 2.45) is 4.99 Å². The van der Waals surface area contributed by atoms with Gasteiger partial charge in [0.05, 0.1) is 34.9 Å². The van der Waals surface area contributed by atoms with Crippen LogP contribution >= 0.6 is 0 Å². The molecule has 5 rings (SSSR count). The summed E-state index contributed by atoms with van der Waals surface area (Å²) in [5.74, 6) is 0.488. The van der Waals surface area contributed by atoms with E-state index in [1.54, 1.807) is 31.3 Å². The van der Waals surface area contributed by atoms with Gasteiger partial charge in [-0.05, 0) is 31.5 Å². The van der Waals surface area contributed by atoms with Crippen LogP contribution in [0.15, 0.2) is 84.1 Å². The number of benzene rings is 3. The third kappa shape index (κ3) is 4.10. The summed E-state index contributed by atoms with van der Waals surface area (Å²) in [6.07, 6.45) is 1.61. The summed E-state index contributed by atoms with van der Waals surface area (Å²) in [5.41, 5.74) is 6.11. The van der Waals surface area contributed by atoms with Gasteiger partial charge in [0.15, 0.2) is 5.82 Å². The highest BCUT2D eigenvalue weighted by Gasteiger charge is 2.21. The molecule has 36 heavy (non-hydrogen) atoms. The highest BCUT2D eigenvalue weighted by molar-refractivity contribution is 6.14. The Labute approximate surface area is 208 Å². The van der Waals surface area contributed by atoms with Crippen molar-refractivity contribution in [1.82, 2.24) is 15.0 Å². The fourth-order valence-electron chi connectivity index (χ4n) is 4.43. The van der Waals surface area contributed by atoms with Gasteiger partial charge in [-0.1, -0.05) is 60.7 Å². The molecule has 0 bridgehead atoms. The van der Waals surface area contributed by atoms with Crippen LogP contribution in [0, 0.1) is 31.0 Å². The molecule has 0 fully saturated rings. The molecule has 2 aromatic heterocycles. The summed E-state index contributed by atoms with van der Waals surface area (Å²) in [6.45, 7) is 3.68. The molecule has 0 unspecified atom stereocenters. The maximum Gasteiger partial charge on any atom is 0.180 e. The number of aromatic nitrogens is 3.